The third kappa shape index (κ3) is 4.73. The molecule has 4 nitrogen and oxygen atoms in total. The first-order valence-corrected chi connectivity index (χ1v) is 6.65. The van der Waals surface area contributed by atoms with Crippen LogP contribution in [0.1, 0.15) is 44.6 Å². The van der Waals surface area contributed by atoms with Crippen LogP contribution < -0.4 is 5.32 Å². The highest BCUT2D eigenvalue weighted by Gasteiger charge is 2.20. The van der Waals surface area contributed by atoms with Gasteiger partial charge in [0.05, 0.1) is 0 Å². The lowest BCUT2D eigenvalue weighted by Crippen LogP contribution is -2.40. The summed E-state index contributed by atoms with van der Waals surface area (Å²) in [5.74, 6) is -1.05. The summed E-state index contributed by atoms with van der Waals surface area (Å²) in [4.78, 5) is 22.8. The maximum atomic E-state index is 11.9. The number of benzene rings is 1. The number of carboxylic acid groups (broad SMARTS) is 1. The van der Waals surface area contributed by atoms with Crippen LogP contribution in [0.15, 0.2) is 30.3 Å². The van der Waals surface area contributed by atoms with Crippen LogP contribution in [-0.4, -0.2) is 23.0 Å². The monoisotopic (exact) mass is 263 g/mol. The molecule has 4 heteroatoms. The molecule has 0 aliphatic rings. The Morgan fingerprint density at radius 3 is 2.26 bits per heavy atom. The molecular weight excluding hydrogens is 242 g/mol. The molecule has 1 aromatic rings. The molecule has 0 heterocycles. The fraction of sp³-hybridized carbons (Fsp3) is 0.467. The number of nitrogens with one attached hydrogen (secondary N) is 1. The van der Waals surface area contributed by atoms with Gasteiger partial charge in [-0.1, -0.05) is 44.2 Å². The molecule has 0 bridgehead atoms. The lowest BCUT2D eigenvalue weighted by molar-refractivity contribution is -0.141. The van der Waals surface area contributed by atoms with Crippen molar-refractivity contribution in [3.05, 3.63) is 35.9 Å². The Bertz CT molecular complexity index is 417. The standard InChI is InChI=1S/C15H21NO3/c1-3-11(12-8-6-5-7-9-12)10-14(17)16-13(4-2)15(18)19/h5-9,11,13H,3-4,10H2,1-2H3,(H,16,17)(H,18,19). The summed E-state index contributed by atoms with van der Waals surface area (Å²) in [6.07, 6.45) is 1.56. The molecule has 1 amide bonds. The number of rotatable bonds is 7. The van der Waals surface area contributed by atoms with Crippen molar-refractivity contribution in [2.45, 2.75) is 45.1 Å². The second kappa shape index (κ2) is 7.56. The predicted molar refractivity (Wildman–Crippen MR) is 73.9 cm³/mol. The van der Waals surface area contributed by atoms with Crippen LogP contribution >= 0.6 is 0 Å². The Balaban J connectivity index is 2.61. The first-order chi connectivity index (χ1) is 9.08. The Hall–Kier alpha value is -1.84. The van der Waals surface area contributed by atoms with Gasteiger partial charge >= 0.3 is 5.97 Å². The summed E-state index contributed by atoms with van der Waals surface area (Å²) < 4.78 is 0. The van der Waals surface area contributed by atoms with Gasteiger partial charge in [0.2, 0.25) is 5.91 Å². The molecule has 2 N–H and O–H groups in total. The first-order valence-electron chi connectivity index (χ1n) is 6.65. The van der Waals surface area contributed by atoms with Crippen LogP contribution in [0.2, 0.25) is 0 Å². The smallest absolute Gasteiger partial charge is 0.326 e. The van der Waals surface area contributed by atoms with Gasteiger partial charge in [-0.2, -0.15) is 0 Å². The number of carbonyl (C=O) groups excluding carboxylic acids is 1. The molecule has 1 rings (SSSR count). The van der Waals surface area contributed by atoms with E-state index in [4.69, 9.17) is 5.11 Å². The van der Waals surface area contributed by atoms with Crippen LogP contribution in [-0.2, 0) is 9.59 Å². The van der Waals surface area contributed by atoms with Gasteiger partial charge in [-0.3, -0.25) is 4.79 Å². The summed E-state index contributed by atoms with van der Waals surface area (Å²) in [7, 11) is 0. The maximum absolute atomic E-state index is 11.9. The van der Waals surface area contributed by atoms with E-state index in [1.54, 1.807) is 6.92 Å². The van der Waals surface area contributed by atoms with Crippen LogP contribution in [0, 0.1) is 0 Å². The molecular formula is C15H21NO3. The SMILES string of the molecule is CCC(NC(=O)CC(CC)c1ccccc1)C(=O)O. The van der Waals surface area contributed by atoms with Crippen LogP contribution in [0.5, 0.6) is 0 Å². The topological polar surface area (TPSA) is 66.4 Å². The number of carboxylic acids is 1. The van der Waals surface area contributed by atoms with Crippen molar-refractivity contribution >= 4 is 11.9 Å². The zero-order valence-corrected chi connectivity index (χ0v) is 11.4. The van der Waals surface area contributed by atoms with Crippen molar-refractivity contribution in [1.82, 2.24) is 5.32 Å². The van der Waals surface area contributed by atoms with E-state index in [1.165, 1.54) is 0 Å². The molecule has 0 fully saturated rings. The fourth-order valence-corrected chi connectivity index (χ4v) is 2.04. The van der Waals surface area contributed by atoms with E-state index in [9.17, 15) is 9.59 Å². The molecule has 0 aromatic heterocycles. The molecule has 0 aliphatic carbocycles. The second-order valence-electron chi connectivity index (χ2n) is 4.59. The molecule has 104 valence electrons. The van der Waals surface area contributed by atoms with E-state index in [2.05, 4.69) is 5.32 Å². The molecule has 0 saturated carbocycles. The van der Waals surface area contributed by atoms with Crippen LogP contribution in [0.3, 0.4) is 0 Å². The number of hydrogen-bond donors (Lipinski definition) is 2. The highest BCUT2D eigenvalue weighted by atomic mass is 16.4. The van der Waals surface area contributed by atoms with Gasteiger partial charge in [0.15, 0.2) is 0 Å². The van der Waals surface area contributed by atoms with E-state index < -0.39 is 12.0 Å². The summed E-state index contributed by atoms with van der Waals surface area (Å²) >= 11 is 0. The van der Waals surface area contributed by atoms with Gasteiger partial charge in [-0.05, 0) is 24.3 Å². The Labute approximate surface area is 113 Å². The van der Waals surface area contributed by atoms with Gasteiger partial charge in [0.25, 0.3) is 0 Å². The lowest BCUT2D eigenvalue weighted by atomic mass is 9.93. The van der Waals surface area contributed by atoms with Crippen molar-refractivity contribution in [3.63, 3.8) is 0 Å². The number of aliphatic carboxylic acids is 1. The predicted octanol–water partition coefficient (Wildman–Crippen LogP) is 2.55. The molecule has 2 atom stereocenters. The van der Waals surface area contributed by atoms with Crippen molar-refractivity contribution in [3.8, 4) is 0 Å². The largest absolute Gasteiger partial charge is 0.480 e. The van der Waals surface area contributed by atoms with Crippen molar-refractivity contribution in [2.75, 3.05) is 0 Å². The van der Waals surface area contributed by atoms with Gasteiger partial charge in [0, 0.05) is 6.42 Å². The molecule has 0 saturated heterocycles. The van der Waals surface area contributed by atoms with Crippen molar-refractivity contribution in [1.29, 1.82) is 0 Å². The van der Waals surface area contributed by atoms with Gasteiger partial charge in [0.1, 0.15) is 6.04 Å². The second-order valence-corrected chi connectivity index (χ2v) is 4.59. The first kappa shape index (κ1) is 15.2. The number of carbonyl (C=O) groups is 2. The maximum Gasteiger partial charge on any atom is 0.326 e. The highest BCUT2D eigenvalue weighted by Crippen LogP contribution is 2.22. The quantitative estimate of drug-likeness (QED) is 0.794. The van der Waals surface area contributed by atoms with E-state index in [1.807, 2.05) is 37.3 Å². The summed E-state index contributed by atoms with van der Waals surface area (Å²) in [5, 5.41) is 11.5. The molecule has 0 radical (unpaired) electrons. The minimum absolute atomic E-state index is 0.132. The Morgan fingerprint density at radius 1 is 1.16 bits per heavy atom. The van der Waals surface area contributed by atoms with Crippen molar-refractivity contribution in [2.24, 2.45) is 0 Å². The Morgan fingerprint density at radius 2 is 1.79 bits per heavy atom. The van der Waals surface area contributed by atoms with E-state index in [0.29, 0.717) is 12.8 Å². The number of amides is 1. The van der Waals surface area contributed by atoms with E-state index in [-0.39, 0.29) is 11.8 Å². The Kier molecular flexibility index (Phi) is 6.06. The van der Waals surface area contributed by atoms with Gasteiger partial charge in [-0.25, -0.2) is 4.79 Å². The van der Waals surface area contributed by atoms with E-state index >= 15 is 0 Å². The highest BCUT2D eigenvalue weighted by molar-refractivity contribution is 5.83. The molecule has 19 heavy (non-hydrogen) atoms. The van der Waals surface area contributed by atoms with Crippen LogP contribution in [0.4, 0.5) is 0 Å². The van der Waals surface area contributed by atoms with E-state index in [0.717, 1.165) is 12.0 Å². The minimum atomic E-state index is -0.983. The summed E-state index contributed by atoms with van der Waals surface area (Å²) in [6, 6.07) is 9.03. The van der Waals surface area contributed by atoms with Crippen molar-refractivity contribution < 1.29 is 14.7 Å². The minimum Gasteiger partial charge on any atom is -0.480 e. The zero-order chi connectivity index (χ0) is 14.3. The van der Waals surface area contributed by atoms with Gasteiger partial charge < -0.3 is 10.4 Å². The average molecular weight is 263 g/mol. The number of hydrogen-bond acceptors (Lipinski definition) is 2. The van der Waals surface area contributed by atoms with Gasteiger partial charge in [-0.15, -0.1) is 0 Å². The summed E-state index contributed by atoms with van der Waals surface area (Å²) in [6.45, 7) is 3.77. The zero-order valence-electron chi connectivity index (χ0n) is 11.4. The fourth-order valence-electron chi connectivity index (χ4n) is 2.04. The third-order valence-corrected chi connectivity index (χ3v) is 3.24. The summed E-state index contributed by atoms with van der Waals surface area (Å²) in [5.41, 5.74) is 1.11. The lowest BCUT2D eigenvalue weighted by Gasteiger charge is -2.17. The molecule has 2 unspecified atom stereocenters. The average Bonchev–Trinajstić information content (AvgIpc) is 2.42. The molecule has 1 aromatic carbocycles. The normalized spacial score (nSPS) is 13.6. The molecule has 0 spiro atoms. The molecule has 0 aliphatic heterocycles. The van der Waals surface area contributed by atoms with Crippen LogP contribution in [0.25, 0.3) is 0 Å². The third-order valence-electron chi connectivity index (χ3n) is 3.24.